The molecule has 7 heteroatoms. The Labute approximate surface area is 203 Å². The molecule has 0 unspecified atom stereocenters. The number of hydrogen-bond acceptors (Lipinski definition) is 4. The molecule has 0 radical (unpaired) electrons. The second-order valence-corrected chi connectivity index (χ2v) is 8.24. The van der Waals surface area contributed by atoms with Gasteiger partial charge in [0.2, 0.25) is 0 Å². The van der Waals surface area contributed by atoms with Crippen molar-refractivity contribution >= 4 is 39.9 Å². The first-order valence-electron chi connectivity index (χ1n) is 10.9. The van der Waals surface area contributed by atoms with Crippen LogP contribution in [0.5, 0.6) is 11.5 Å². The van der Waals surface area contributed by atoms with E-state index in [-0.39, 0.29) is 0 Å². The summed E-state index contributed by atoms with van der Waals surface area (Å²) in [5.74, 6) is -0.110. The number of hydrogen-bond donors (Lipinski definition) is 1. The predicted molar refractivity (Wildman–Crippen MR) is 134 cm³/mol. The lowest BCUT2D eigenvalue weighted by Gasteiger charge is -2.10. The van der Waals surface area contributed by atoms with Crippen LogP contribution in [0.4, 0.5) is 5.69 Å². The number of Topliss-reactive ketones (excluding diaryl/α,β-unsaturated/α-hetero) is 1. The van der Waals surface area contributed by atoms with Gasteiger partial charge in [0.25, 0.3) is 11.7 Å². The van der Waals surface area contributed by atoms with E-state index in [0.717, 1.165) is 11.1 Å². The van der Waals surface area contributed by atoms with Crippen molar-refractivity contribution in [1.29, 1.82) is 0 Å². The van der Waals surface area contributed by atoms with Crippen LogP contribution in [0.15, 0.2) is 66.7 Å². The van der Waals surface area contributed by atoms with Gasteiger partial charge in [-0.3, -0.25) is 9.59 Å². The summed E-state index contributed by atoms with van der Waals surface area (Å²) < 4.78 is 12.9. The first kappa shape index (κ1) is 23.4. The van der Waals surface area contributed by atoms with Gasteiger partial charge in [0.15, 0.2) is 0 Å². The van der Waals surface area contributed by atoms with Crippen LogP contribution in [0.3, 0.4) is 0 Å². The van der Waals surface area contributed by atoms with Gasteiger partial charge in [-0.15, -0.1) is 0 Å². The summed E-state index contributed by atoms with van der Waals surface area (Å²) in [7, 11) is 1.54. The number of amides is 1. The Kier molecular flexibility index (Phi) is 6.89. The number of nitrogens with zero attached hydrogens (tertiary/aromatic N) is 1. The Morgan fingerprint density at radius 2 is 1.76 bits per heavy atom. The van der Waals surface area contributed by atoms with Gasteiger partial charge in [-0.1, -0.05) is 29.8 Å². The number of carbonyl (C=O) groups excluding carboxylic acids is 2. The number of methoxy groups -OCH3 is 1. The van der Waals surface area contributed by atoms with Gasteiger partial charge >= 0.3 is 0 Å². The van der Waals surface area contributed by atoms with E-state index in [2.05, 4.69) is 5.32 Å². The van der Waals surface area contributed by atoms with Gasteiger partial charge in [0.05, 0.1) is 19.3 Å². The molecule has 0 saturated heterocycles. The minimum atomic E-state index is -0.719. The summed E-state index contributed by atoms with van der Waals surface area (Å²) in [6, 6.07) is 20.0. The number of ketones is 1. The van der Waals surface area contributed by atoms with Gasteiger partial charge in [0.1, 0.15) is 11.5 Å². The van der Waals surface area contributed by atoms with Crippen molar-refractivity contribution < 1.29 is 19.1 Å². The van der Waals surface area contributed by atoms with Crippen molar-refractivity contribution in [3.8, 4) is 11.5 Å². The average molecular weight is 477 g/mol. The Balaban J connectivity index is 1.75. The zero-order valence-corrected chi connectivity index (χ0v) is 20.0. The smallest absolute Gasteiger partial charge is 0.296 e. The van der Waals surface area contributed by atoms with Crippen molar-refractivity contribution in [2.45, 2.75) is 20.4 Å². The second-order valence-electron chi connectivity index (χ2n) is 7.80. The molecule has 0 fully saturated rings. The Bertz CT molecular complexity index is 1360. The summed E-state index contributed by atoms with van der Waals surface area (Å²) in [4.78, 5) is 26.4. The van der Waals surface area contributed by atoms with Crippen LogP contribution in [-0.2, 0) is 11.3 Å². The highest BCUT2D eigenvalue weighted by molar-refractivity contribution is 6.48. The third-order valence-electron chi connectivity index (χ3n) is 5.62. The van der Waals surface area contributed by atoms with Gasteiger partial charge in [0, 0.05) is 39.9 Å². The molecule has 1 heterocycles. The number of nitrogens with one attached hydrogen (secondary N) is 1. The van der Waals surface area contributed by atoms with Gasteiger partial charge < -0.3 is 19.4 Å². The van der Waals surface area contributed by atoms with Crippen LogP contribution in [0.1, 0.15) is 28.5 Å². The van der Waals surface area contributed by atoms with Gasteiger partial charge in [-0.2, -0.15) is 0 Å². The molecule has 4 aromatic rings. The highest BCUT2D eigenvalue weighted by Crippen LogP contribution is 2.31. The molecule has 1 N–H and O–H groups in total. The number of halogens is 1. The molecular weight excluding hydrogens is 452 g/mol. The zero-order valence-electron chi connectivity index (χ0n) is 19.2. The molecule has 6 nitrogen and oxygen atoms in total. The Morgan fingerprint density at radius 3 is 2.47 bits per heavy atom. The number of benzene rings is 3. The van der Waals surface area contributed by atoms with Crippen molar-refractivity contribution in [2.24, 2.45) is 0 Å². The van der Waals surface area contributed by atoms with Crippen LogP contribution < -0.4 is 14.8 Å². The van der Waals surface area contributed by atoms with E-state index < -0.39 is 11.7 Å². The minimum absolute atomic E-state index is 0.353. The van der Waals surface area contributed by atoms with E-state index in [4.69, 9.17) is 21.1 Å². The largest absolute Gasteiger partial charge is 0.497 e. The van der Waals surface area contributed by atoms with Crippen LogP contribution >= 0.6 is 11.6 Å². The fraction of sp³-hybridized carbons (Fsp3) is 0.185. The molecule has 4 rings (SSSR count). The first-order chi connectivity index (χ1) is 16.4. The van der Waals surface area contributed by atoms with Crippen LogP contribution in [-0.4, -0.2) is 30.0 Å². The quantitative estimate of drug-likeness (QED) is 0.254. The van der Waals surface area contributed by atoms with E-state index >= 15 is 0 Å². The summed E-state index contributed by atoms with van der Waals surface area (Å²) in [6.45, 7) is 4.77. The lowest BCUT2D eigenvalue weighted by Crippen LogP contribution is -2.23. The van der Waals surface area contributed by atoms with E-state index in [9.17, 15) is 9.59 Å². The Morgan fingerprint density at radius 1 is 1.00 bits per heavy atom. The molecule has 0 aliphatic carbocycles. The fourth-order valence-electron chi connectivity index (χ4n) is 3.98. The third kappa shape index (κ3) is 4.77. The van der Waals surface area contributed by atoms with E-state index in [1.54, 1.807) is 31.4 Å². The minimum Gasteiger partial charge on any atom is -0.497 e. The monoisotopic (exact) mass is 476 g/mol. The third-order valence-corrected chi connectivity index (χ3v) is 5.87. The molecule has 34 heavy (non-hydrogen) atoms. The van der Waals surface area contributed by atoms with Crippen molar-refractivity contribution in [1.82, 2.24) is 4.57 Å². The molecule has 0 spiro atoms. The highest BCUT2D eigenvalue weighted by atomic mass is 35.5. The molecule has 1 amide bonds. The normalized spacial score (nSPS) is 10.8. The lowest BCUT2D eigenvalue weighted by atomic mass is 10.1. The van der Waals surface area contributed by atoms with Crippen molar-refractivity contribution in [3.05, 3.63) is 88.6 Å². The SMILES string of the molecule is CCOc1ccc2c(c1)c(C(=O)C(=O)Nc1cccc(OC)c1)c(C)n2Cc1ccc(Cl)cc1. The van der Waals surface area contributed by atoms with Crippen molar-refractivity contribution in [2.75, 3.05) is 19.0 Å². The summed E-state index contributed by atoms with van der Waals surface area (Å²) in [5, 5.41) is 4.01. The van der Waals surface area contributed by atoms with Crippen LogP contribution in [0, 0.1) is 6.92 Å². The van der Waals surface area contributed by atoms with E-state index in [0.29, 0.717) is 52.0 Å². The van der Waals surface area contributed by atoms with Gasteiger partial charge in [-0.25, -0.2) is 0 Å². The molecule has 0 bridgehead atoms. The van der Waals surface area contributed by atoms with E-state index in [1.165, 1.54) is 0 Å². The van der Waals surface area contributed by atoms with Crippen LogP contribution in [0.2, 0.25) is 5.02 Å². The first-order valence-corrected chi connectivity index (χ1v) is 11.3. The molecule has 0 atom stereocenters. The maximum absolute atomic E-state index is 13.4. The summed E-state index contributed by atoms with van der Waals surface area (Å²) in [6.07, 6.45) is 0. The second kappa shape index (κ2) is 10.0. The number of rotatable bonds is 8. The van der Waals surface area contributed by atoms with Crippen LogP contribution in [0.25, 0.3) is 10.9 Å². The summed E-state index contributed by atoms with van der Waals surface area (Å²) >= 11 is 6.04. The fourth-order valence-corrected chi connectivity index (χ4v) is 4.11. The van der Waals surface area contributed by atoms with Crippen molar-refractivity contribution in [3.63, 3.8) is 0 Å². The van der Waals surface area contributed by atoms with E-state index in [1.807, 2.05) is 60.9 Å². The molecule has 174 valence electrons. The molecule has 3 aromatic carbocycles. The summed E-state index contributed by atoms with van der Waals surface area (Å²) in [5.41, 5.74) is 3.40. The maximum Gasteiger partial charge on any atom is 0.296 e. The standard InChI is InChI=1S/C27H25ClN2O4/c1-4-34-22-12-13-24-23(15-22)25(17(2)30(24)16-18-8-10-19(28)11-9-18)26(31)27(32)29-20-6-5-7-21(14-20)33-3/h5-15H,4,16H2,1-3H3,(H,29,32). The number of ether oxygens (including phenoxy) is 2. The zero-order chi connectivity index (χ0) is 24.2. The maximum atomic E-state index is 13.4. The Hall–Kier alpha value is -3.77. The van der Waals surface area contributed by atoms with Gasteiger partial charge in [-0.05, 0) is 61.9 Å². The molecule has 0 aliphatic rings. The number of carbonyl (C=O) groups is 2. The highest BCUT2D eigenvalue weighted by Gasteiger charge is 2.26. The molecule has 1 aromatic heterocycles. The number of anilines is 1. The topological polar surface area (TPSA) is 69.6 Å². The number of fused-ring (bicyclic) bond motifs is 1. The predicted octanol–water partition coefficient (Wildman–Crippen LogP) is 5.88. The molecular formula is C27H25ClN2O4. The lowest BCUT2D eigenvalue weighted by molar-refractivity contribution is -0.112. The molecule has 0 saturated carbocycles. The molecule has 0 aliphatic heterocycles. The number of aromatic nitrogens is 1. The average Bonchev–Trinajstić information content (AvgIpc) is 3.10.